The number of carbonyl (C=O) groups is 2. The number of hydrogen-bond acceptors (Lipinski definition) is 4. The molecule has 0 aliphatic heterocycles. The van der Waals surface area contributed by atoms with Crippen LogP contribution in [-0.2, 0) is 4.79 Å². The van der Waals surface area contributed by atoms with Crippen LogP contribution in [0.5, 0.6) is 0 Å². The zero-order valence-corrected chi connectivity index (χ0v) is 14.3. The zero-order valence-electron chi connectivity index (χ0n) is 14.3. The lowest BCUT2D eigenvalue weighted by Gasteiger charge is -2.13. The molecule has 26 heavy (non-hydrogen) atoms. The van der Waals surface area contributed by atoms with E-state index in [0.717, 1.165) is 0 Å². The summed E-state index contributed by atoms with van der Waals surface area (Å²) >= 11 is 0. The van der Waals surface area contributed by atoms with Crippen molar-refractivity contribution in [3.05, 3.63) is 53.6 Å². The monoisotopic (exact) mass is 350 g/mol. The molecule has 0 radical (unpaired) electrons. The van der Waals surface area contributed by atoms with E-state index in [4.69, 9.17) is 17.6 Å². The number of anilines is 3. The summed E-state index contributed by atoms with van der Waals surface area (Å²) in [7, 11) is 1.49. The summed E-state index contributed by atoms with van der Waals surface area (Å²) in [6.07, 6.45) is 5.17. The van der Waals surface area contributed by atoms with Crippen LogP contribution < -0.4 is 27.1 Å². The van der Waals surface area contributed by atoms with E-state index in [2.05, 4.69) is 21.9 Å². The maximum absolute atomic E-state index is 12.2. The number of nitrogens with two attached hydrogens (primary N) is 2. The smallest absolute Gasteiger partial charge is 0.315 e. The van der Waals surface area contributed by atoms with Crippen LogP contribution in [0.25, 0.3) is 0 Å². The van der Waals surface area contributed by atoms with Gasteiger partial charge < -0.3 is 21.7 Å². The Balaban J connectivity index is 2.26. The van der Waals surface area contributed by atoms with Crippen LogP contribution in [0.15, 0.2) is 42.5 Å². The summed E-state index contributed by atoms with van der Waals surface area (Å²) in [4.78, 5) is 23.8. The molecule has 0 fully saturated rings. The standard InChI is InChI=1S/C19H19N5O2/c1-3-10-23-18(25)14-6-4-5-7-16(14)24-12-8-9-13(15(20)11-12)17(21)19(26)22-2/h1,4-9,11,21,24H,10,20H2,2H3,(H,22,26)(H,23,25)/p+1. The van der Waals surface area contributed by atoms with Crippen molar-refractivity contribution < 1.29 is 15.0 Å². The second kappa shape index (κ2) is 8.35. The number of para-hydroxylation sites is 1. The minimum absolute atomic E-state index is 0.0330. The van der Waals surface area contributed by atoms with Gasteiger partial charge in [0, 0.05) is 18.4 Å². The third-order valence-corrected chi connectivity index (χ3v) is 3.62. The average Bonchev–Trinajstić information content (AvgIpc) is 2.65. The van der Waals surface area contributed by atoms with Crippen molar-refractivity contribution in [2.24, 2.45) is 0 Å². The van der Waals surface area contributed by atoms with Crippen LogP contribution >= 0.6 is 0 Å². The Kier molecular flexibility index (Phi) is 5.96. The fourth-order valence-corrected chi connectivity index (χ4v) is 2.31. The fraction of sp³-hybridized carbons (Fsp3) is 0.105. The van der Waals surface area contributed by atoms with Gasteiger partial charge in [-0.15, -0.1) is 6.42 Å². The van der Waals surface area contributed by atoms with Crippen molar-refractivity contribution in [2.75, 3.05) is 24.6 Å². The molecule has 2 amide bonds. The molecule has 0 spiro atoms. The van der Waals surface area contributed by atoms with Crippen molar-refractivity contribution in [2.45, 2.75) is 0 Å². The van der Waals surface area contributed by atoms with E-state index in [9.17, 15) is 9.59 Å². The Morgan fingerprint density at radius 3 is 2.58 bits per heavy atom. The molecule has 2 aromatic rings. The van der Waals surface area contributed by atoms with Gasteiger partial charge in [0.05, 0.1) is 23.4 Å². The van der Waals surface area contributed by atoms with Crippen molar-refractivity contribution >= 4 is 34.6 Å². The van der Waals surface area contributed by atoms with Crippen LogP contribution in [0, 0.1) is 12.3 Å². The second-order valence-corrected chi connectivity index (χ2v) is 5.35. The van der Waals surface area contributed by atoms with Gasteiger partial charge in [-0.2, -0.15) is 0 Å². The van der Waals surface area contributed by atoms with Gasteiger partial charge in [0.15, 0.2) is 0 Å². The minimum Gasteiger partial charge on any atom is -0.398 e. The highest BCUT2D eigenvalue weighted by atomic mass is 16.2. The molecule has 2 aromatic carbocycles. The van der Waals surface area contributed by atoms with Crippen LogP contribution in [0.2, 0.25) is 0 Å². The van der Waals surface area contributed by atoms with Crippen LogP contribution in [-0.4, -0.2) is 31.1 Å². The summed E-state index contributed by atoms with van der Waals surface area (Å²) in [5.74, 6) is 1.67. The molecule has 2 rings (SSSR count). The molecule has 0 aliphatic carbocycles. The first-order chi connectivity index (χ1) is 12.5. The zero-order chi connectivity index (χ0) is 19.1. The van der Waals surface area contributed by atoms with Crippen molar-refractivity contribution in [1.29, 1.82) is 0 Å². The van der Waals surface area contributed by atoms with Gasteiger partial charge in [0.25, 0.3) is 11.6 Å². The summed E-state index contributed by atoms with van der Waals surface area (Å²) in [6, 6.07) is 12.0. The lowest BCUT2D eigenvalue weighted by atomic mass is 10.1. The van der Waals surface area contributed by atoms with Crippen LogP contribution in [0.3, 0.4) is 0 Å². The molecule has 0 atom stereocenters. The van der Waals surface area contributed by atoms with Crippen LogP contribution in [0.4, 0.5) is 17.1 Å². The first-order valence-corrected chi connectivity index (χ1v) is 7.80. The van der Waals surface area contributed by atoms with Crippen molar-refractivity contribution in [3.8, 4) is 12.3 Å². The number of amides is 2. The SMILES string of the molecule is C#CCNC(=O)c1ccccc1Nc1ccc(C(=[NH2+])C(=O)NC)c(N)c1. The van der Waals surface area contributed by atoms with Gasteiger partial charge in [0.2, 0.25) is 0 Å². The highest BCUT2D eigenvalue weighted by molar-refractivity contribution is 6.43. The highest BCUT2D eigenvalue weighted by Gasteiger charge is 2.19. The molecular formula is C19H20N5O2+. The third-order valence-electron chi connectivity index (χ3n) is 3.62. The van der Waals surface area contributed by atoms with Crippen molar-refractivity contribution in [3.63, 3.8) is 0 Å². The van der Waals surface area contributed by atoms with Gasteiger partial charge in [-0.1, -0.05) is 18.1 Å². The first kappa shape index (κ1) is 18.5. The number of nitrogens with one attached hydrogen (secondary N) is 3. The number of nitrogen functional groups attached to an aromatic ring is 1. The summed E-state index contributed by atoms with van der Waals surface area (Å²) in [5, 5.41) is 14.0. The maximum atomic E-state index is 12.2. The Morgan fingerprint density at radius 1 is 1.19 bits per heavy atom. The average molecular weight is 350 g/mol. The molecule has 0 saturated heterocycles. The van der Waals surface area contributed by atoms with E-state index < -0.39 is 5.91 Å². The Hall–Kier alpha value is -3.79. The Morgan fingerprint density at radius 2 is 1.92 bits per heavy atom. The molecule has 0 saturated carbocycles. The molecule has 0 heterocycles. The quantitative estimate of drug-likeness (QED) is 0.278. The predicted molar refractivity (Wildman–Crippen MR) is 102 cm³/mol. The lowest BCUT2D eigenvalue weighted by molar-refractivity contribution is -0.135. The molecular weight excluding hydrogens is 330 g/mol. The molecule has 7 heteroatoms. The van der Waals surface area contributed by atoms with E-state index in [1.54, 1.807) is 42.5 Å². The normalized spacial score (nSPS) is 9.69. The summed E-state index contributed by atoms with van der Waals surface area (Å²) in [5.41, 5.74) is 8.51. The number of terminal acetylenes is 1. The van der Waals surface area contributed by atoms with E-state index in [1.165, 1.54) is 7.05 Å². The summed E-state index contributed by atoms with van der Waals surface area (Å²) < 4.78 is 0. The highest BCUT2D eigenvalue weighted by Crippen LogP contribution is 2.24. The lowest BCUT2D eigenvalue weighted by Crippen LogP contribution is -2.49. The minimum atomic E-state index is -0.409. The molecule has 0 unspecified atom stereocenters. The van der Waals surface area contributed by atoms with E-state index in [0.29, 0.717) is 28.2 Å². The van der Waals surface area contributed by atoms with Crippen molar-refractivity contribution in [1.82, 2.24) is 10.6 Å². The fourth-order valence-electron chi connectivity index (χ4n) is 2.31. The van der Waals surface area contributed by atoms with E-state index in [-0.39, 0.29) is 18.2 Å². The number of carbonyl (C=O) groups excluding carboxylic acids is 2. The third kappa shape index (κ3) is 4.19. The molecule has 132 valence electrons. The largest absolute Gasteiger partial charge is 0.398 e. The topological polar surface area (TPSA) is 122 Å². The molecule has 7 N–H and O–H groups in total. The molecule has 0 aromatic heterocycles. The molecule has 7 nitrogen and oxygen atoms in total. The predicted octanol–water partition coefficient (Wildman–Crippen LogP) is -0.330. The second-order valence-electron chi connectivity index (χ2n) is 5.35. The summed E-state index contributed by atoms with van der Waals surface area (Å²) in [6.45, 7) is 0.142. The number of benzene rings is 2. The number of hydrogen-bond donors (Lipinski definition) is 5. The van der Waals surface area contributed by atoms with Crippen LogP contribution in [0.1, 0.15) is 15.9 Å². The van der Waals surface area contributed by atoms with Gasteiger partial charge >= 0.3 is 5.91 Å². The van der Waals surface area contributed by atoms with E-state index in [1.807, 2.05) is 0 Å². The first-order valence-electron chi connectivity index (χ1n) is 7.80. The number of rotatable bonds is 6. The Labute approximate surface area is 151 Å². The van der Waals surface area contributed by atoms with Gasteiger partial charge in [-0.3, -0.25) is 9.59 Å². The van der Waals surface area contributed by atoms with Gasteiger partial charge in [-0.05, 0) is 30.3 Å². The molecule has 0 bridgehead atoms. The van der Waals surface area contributed by atoms with Gasteiger partial charge in [0.1, 0.15) is 0 Å². The number of likely N-dealkylation sites (N-methyl/N-ethyl adjacent to an activating group) is 1. The maximum Gasteiger partial charge on any atom is 0.315 e. The van der Waals surface area contributed by atoms with Gasteiger partial charge in [-0.25, -0.2) is 5.41 Å². The Bertz CT molecular complexity index is 899. The van der Waals surface area contributed by atoms with E-state index >= 15 is 0 Å². The molecule has 0 aliphatic rings.